The molecule has 2 aromatic carbocycles. The third kappa shape index (κ3) is 4.95. The molecule has 10 heteroatoms. The number of carbonyl (C=O) groups excluding carboxylic acids is 2. The number of ether oxygens (including phenoxy) is 2. The zero-order valence-electron chi connectivity index (χ0n) is 22.6. The van der Waals surface area contributed by atoms with Gasteiger partial charge < -0.3 is 13.9 Å². The maximum absolute atomic E-state index is 14.0. The van der Waals surface area contributed by atoms with Crippen LogP contribution in [0.2, 0.25) is 0 Å². The highest BCUT2D eigenvalue weighted by Crippen LogP contribution is 2.37. The average Bonchev–Trinajstić information content (AvgIpc) is 3.78. The number of thiazole rings is 1. The highest BCUT2D eigenvalue weighted by Gasteiger charge is 2.35. The summed E-state index contributed by atoms with van der Waals surface area (Å²) >= 11 is 2.67. The van der Waals surface area contributed by atoms with E-state index in [1.165, 1.54) is 29.8 Å². The number of benzene rings is 2. The highest BCUT2D eigenvalue weighted by molar-refractivity contribution is 7.10. The molecule has 0 amide bonds. The zero-order chi connectivity index (χ0) is 29.2. The minimum atomic E-state index is -0.711. The van der Waals surface area contributed by atoms with Gasteiger partial charge in [0, 0.05) is 22.1 Å². The van der Waals surface area contributed by atoms with E-state index in [4.69, 9.17) is 18.9 Å². The van der Waals surface area contributed by atoms with Crippen molar-refractivity contribution >= 4 is 46.4 Å². The van der Waals surface area contributed by atoms with Crippen LogP contribution in [0.15, 0.2) is 104 Å². The largest absolute Gasteiger partial charge is 0.465 e. The van der Waals surface area contributed by atoms with Crippen LogP contribution in [0.3, 0.4) is 0 Å². The van der Waals surface area contributed by atoms with Crippen LogP contribution in [-0.4, -0.2) is 30.2 Å². The molecule has 0 saturated heterocycles. The topological polar surface area (TPSA) is 100 Å². The van der Waals surface area contributed by atoms with Gasteiger partial charge in [-0.25, -0.2) is 14.6 Å². The molecule has 0 bridgehead atoms. The first-order valence-corrected chi connectivity index (χ1v) is 14.8. The molecule has 8 nitrogen and oxygen atoms in total. The van der Waals surface area contributed by atoms with Crippen molar-refractivity contribution in [1.29, 1.82) is 0 Å². The molecular weight excluding hydrogens is 572 g/mol. The van der Waals surface area contributed by atoms with E-state index >= 15 is 0 Å². The molecule has 1 aliphatic heterocycles. The molecule has 0 unspecified atom stereocenters. The van der Waals surface area contributed by atoms with Gasteiger partial charge in [-0.15, -0.1) is 11.3 Å². The van der Waals surface area contributed by atoms with Crippen LogP contribution in [-0.2, 0) is 14.3 Å². The van der Waals surface area contributed by atoms with Gasteiger partial charge in [0.2, 0.25) is 0 Å². The molecule has 0 fully saturated rings. The van der Waals surface area contributed by atoms with Gasteiger partial charge in [0.1, 0.15) is 17.6 Å². The third-order valence-corrected chi connectivity index (χ3v) is 8.59. The monoisotopic (exact) mass is 596 g/mol. The van der Waals surface area contributed by atoms with E-state index in [1.54, 1.807) is 54.0 Å². The number of carbonyl (C=O) groups is 2. The van der Waals surface area contributed by atoms with E-state index in [-0.39, 0.29) is 12.2 Å². The molecular formula is C32H24N2O6S2. The number of thiophene rings is 1. The first-order chi connectivity index (χ1) is 20.5. The number of fused-ring (bicyclic) bond motifs is 1. The van der Waals surface area contributed by atoms with Gasteiger partial charge in [0.05, 0.1) is 35.1 Å². The first-order valence-electron chi connectivity index (χ1n) is 13.1. The van der Waals surface area contributed by atoms with Gasteiger partial charge >= 0.3 is 11.9 Å². The van der Waals surface area contributed by atoms with Crippen molar-refractivity contribution in [2.24, 2.45) is 4.99 Å². The summed E-state index contributed by atoms with van der Waals surface area (Å²) in [5.41, 5.74) is 2.17. The van der Waals surface area contributed by atoms with Gasteiger partial charge in [-0.1, -0.05) is 65.9 Å². The maximum atomic E-state index is 14.0. The van der Waals surface area contributed by atoms with E-state index < -0.39 is 18.0 Å². The van der Waals surface area contributed by atoms with Gasteiger partial charge in [0.15, 0.2) is 4.80 Å². The maximum Gasteiger partial charge on any atom is 0.338 e. The Morgan fingerprint density at radius 1 is 1.00 bits per heavy atom. The lowest BCUT2D eigenvalue weighted by Gasteiger charge is -2.24. The predicted octanol–water partition coefficient (Wildman–Crippen LogP) is 5.04. The molecule has 5 aromatic rings. The second kappa shape index (κ2) is 11.6. The lowest BCUT2D eigenvalue weighted by atomic mass is 9.97. The van der Waals surface area contributed by atoms with Crippen LogP contribution >= 0.6 is 22.7 Å². The Labute approximate surface area is 248 Å². The number of nitrogens with zero attached hydrogens (tertiary/aromatic N) is 2. The lowest BCUT2D eigenvalue weighted by molar-refractivity contribution is -0.138. The van der Waals surface area contributed by atoms with Crippen LogP contribution in [0.4, 0.5) is 0 Å². The molecule has 3 aromatic heterocycles. The van der Waals surface area contributed by atoms with E-state index in [9.17, 15) is 14.4 Å². The summed E-state index contributed by atoms with van der Waals surface area (Å²) in [5, 5.41) is 1.91. The van der Waals surface area contributed by atoms with Crippen molar-refractivity contribution in [2.75, 3.05) is 13.7 Å². The van der Waals surface area contributed by atoms with Gasteiger partial charge in [-0.2, -0.15) is 0 Å². The average molecular weight is 597 g/mol. The number of rotatable bonds is 7. The number of furan rings is 1. The minimum Gasteiger partial charge on any atom is -0.465 e. The SMILES string of the molecule is CCOC(=O)C1=C(c2ccccc2)N=c2s/c(=C\c3ccc(-c4ccccc4C(=O)OC)o3)c(=O)n2[C@H]1c1cccs1. The van der Waals surface area contributed by atoms with E-state index in [1.807, 2.05) is 47.8 Å². The molecule has 0 N–H and O–H groups in total. The molecule has 0 saturated carbocycles. The van der Waals surface area contributed by atoms with Crippen molar-refractivity contribution in [1.82, 2.24) is 4.57 Å². The lowest BCUT2D eigenvalue weighted by Crippen LogP contribution is -2.39. The van der Waals surface area contributed by atoms with Gasteiger partial charge in [0.25, 0.3) is 5.56 Å². The molecule has 210 valence electrons. The molecule has 6 rings (SSSR count). The normalized spacial score (nSPS) is 14.8. The summed E-state index contributed by atoms with van der Waals surface area (Å²) in [7, 11) is 1.33. The smallest absolute Gasteiger partial charge is 0.338 e. The Hall–Kier alpha value is -4.80. The summed E-state index contributed by atoms with van der Waals surface area (Å²) in [4.78, 5) is 45.8. The fourth-order valence-electron chi connectivity index (χ4n) is 4.85. The summed E-state index contributed by atoms with van der Waals surface area (Å²) in [6, 6.07) is 23.0. The Morgan fingerprint density at radius 3 is 2.52 bits per heavy atom. The fraction of sp³-hybridized carbons (Fsp3) is 0.125. The quantitative estimate of drug-likeness (QED) is 0.244. The van der Waals surface area contributed by atoms with Crippen molar-refractivity contribution in [2.45, 2.75) is 13.0 Å². The molecule has 0 spiro atoms. The van der Waals surface area contributed by atoms with E-state index in [0.29, 0.717) is 43.3 Å². The Kier molecular flexibility index (Phi) is 7.56. The summed E-state index contributed by atoms with van der Waals surface area (Å²) < 4.78 is 18.4. The third-order valence-electron chi connectivity index (χ3n) is 6.68. The van der Waals surface area contributed by atoms with Crippen LogP contribution in [0.25, 0.3) is 23.1 Å². The minimum absolute atomic E-state index is 0.186. The summed E-state index contributed by atoms with van der Waals surface area (Å²) in [5.74, 6) is -0.109. The number of methoxy groups -OCH3 is 1. The number of hydrogen-bond acceptors (Lipinski definition) is 9. The standard InChI is InChI=1S/C32H24N2O6S2/c1-3-39-31(37)26-27(19-10-5-4-6-11-19)33-32-34(28(26)24-14-9-17-41-24)29(35)25(42-32)18-20-15-16-23(40-20)21-12-7-8-13-22(21)30(36)38-2/h4-18,28H,3H2,1-2H3/b25-18-/t28-/m0/s1. The number of hydrogen-bond donors (Lipinski definition) is 0. The predicted molar refractivity (Wildman–Crippen MR) is 161 cm³/mol. The highest BCUT2D eigenvalue weighted by atomic mass is 32.1. The van der Waals surface area contributed by atoms with Gasteiger partial charge in [-0.3, -0.25) is 9.36 Å². The Balaban J connectivity index is 1.52. The molecule has 1 atom stereocenters. The molecule has 4 heterocycles. The van der Waals surface area contributed by atoms with Crippen molar-refractivity contribution < 1.29 is 23.5 Å². The summed E-state index contributed by atoms with van der Waals surface area (Å²) in [6.07, 6.45) is 1.65. The first kappa shape index (κ1) is 27.4. The Bertz CT molecular complexity index is 2000. The molecule has 1 aliphatic rings. The van der Waals surface area contributed by atoms with Crippen molar-refractivity contribution in [3.8, 4) is 11.3 Å². The van der Waals surface area contributed by atoms with Crippen molar-refractivity contribution in [3.05, 3.63) is 131 Å². The zero-order valence-corrected chi connectivity index (χ0v) is 24.2. The number of esters is 2. The second-order valence-corrected chi connectivity index (χ2v) is 11.2. The summed E-state index contributed by atoms with van der Waals surface area (Å²) in [6.45, 7) is 1.93. The molecule has 42 heavy (non-hydrogen) atoms. The van der Waals surface area contributed by atoms with E-state index in [2.05, 4.69) is 0 Å². The molecule has 0 radical (unpaired) electrons. The van der Waals surface area contributed by atoms with Crippen LogP contribution < -0.4 is 14.9 Å². The van der Waals surface area contributed by atoms with Crippen molar-refractivity contribution in [3.63, 3.8) is 0 Å². The fourth-order valence-corrected chi connectivity index (χ4v) is 6.65. The van der Waals surface area contributed by atoms with Crippen LogP contribution in [0.1, 0.15) is 39.5 Å². The Morgan fingerprint density at radius 2 is 1.79 bits per heavy atom. The number of aromatic nitrogens is 1. The van der Waals surface area contributed by atoms with Crippen LogP contribution in [0.5, 0.6) is 0 Å². The van der Waals surface area contributed by atoms with Crippen LogP contribution in [0, 0.1) is 0 Å². The molecule has 0 aliphatic carbocycles. The van der Waals surface area contributed by atoms with Gasteiger partial charge in [-0.05, 0) is 36.6 Å². The van der Waals surface area contributed by atoms with E-state index in [0.717, 1.165) is 10.4 Å². The second-order valence-electron chi connectivity index (χ2n) is 9.19.